The van der Waals surface area contributed by atoms with Crippen molar-refractivity contribution in [2.24, 2.45) is 0 Å². The van der Waals surface area contributed by atoms with Crippen molar-refractivity contribution < 1.29 is 0 Å². The monoisotopic (exact) mass is 297 g/mol. The molecule has 2 rings (SSSR count). The number of nitrogens with one attached hydrogen (secondary N) is 2. The second kappa shape index (κ2) is 5.85. The van der Waals surface area contributed by atoms with Gasteiger partial charge in [0, 0.05) is 29.9 Å². The van der Waals surface area contributed by atoms with Crippen molar-refractivity contribution in [3.63, 3.8) is 0 Å². The molecule has 3 nitrogen and oxygen atoms in total. The highest BCUT2D eigenvalue weighted by molar-refractivity contribution is 6.37. The number of amidine groups is 1. The fraction of sp³-hybridized carbons (Fsp3) is 0.357. The van der Waals surface area contributed by atoms with E-state index < -0.39 is 0 Å². The zero-order valence-electron chi connectivity index (χ0n) is 11.1. The van der Waals surface area contributed by atoms with Crippen LogP contribution in [-0.2, 0) is 0 Å². The van der Waals surface area contributed by atoms with Gasteiger partial charge in [-0.3, -0.25) is 5.41 Å². The first-order valence-electron chi connectivity index (χ1n) is 6.23. The third-order valence-corrected chi connectivity index (χ3v) is 3.93. The first-order valence-corrected chi connectivity index (χ1v) is 6.99. The lowest BCUT2D eigenvalue weighted by Gasteiger charge is -2.32. The second-order valence-corrected chi connectivity index (χ2v) is 5.40. The lowest BCUT2D eigenvalue weighted by molar-refractivity contribution is 0.766. The minimum Gasteiger partial charge on any atom is -0.391 e. The number of halogens is 2. The van der Waals surface area contributed by atoms with Crippen molar-refractivity contribution in [3.8, 4) is 0 Å². The first kappa shape index (κ1) is 14.2. The van der Waals surface area contributed by atoms with Gasteiger partial charge in [-0.2, -0.15) is 0 Å². The van der Waals surface area contributed by atoms with Gasteiger partial charge in [0.05, 0.1) is 10.7 Å². The highest BCUT2D eigenvalue weighted by atomic mass is 35.5. The molecule has 1 heterocycles. The number of hydrogen-bond acceptors (Lipinski definition) is 2. The van der Waals surface area contributed by atoms with Crippen molar-refractivity contribution in [2.45, 2.75) is 19.8 Å². The maximum Gasteiger partial charge on any atom is 0.130 e. The van der Waals surface area contributed by atoms with Gasteiger partial charge in [0.2, 0.25) is 0 Å². The number of hydrogen-bond donors (Lipinski definition) is 2. The van der Waals surface area contributed by atoms with Gasteiger partial charge in [0.15, 0.2) is 0 Å². The van der Waals surface area contributed by atoms with Crippen LogP contribution in [0.3, 0.4) is 0 Å². The Kier molecular flexibility index (Phi) is 4.38. The molecular weight excluding hydrogens is 281 g/mol. The third-order valence-electron chi connectivity index (χ3n) is 3.39. The van der Waals surface area contributed by atoms with Gasteiger partial charge < -0.3 is 10.2 Å². The predicted molar refractivity (Wildman–Crippen MR) is 82.5 cm³/mol. The van der Waals surface area contributed by atoms with Crippen LogP contribution in [-0.4, -0.2) is 19.4 Å². The maximum atomic E-state index is 8.36. The molecule has 0 aliphatic carbocycles. The summed E-state index contributed by atoms with van der Waals surface area (Å²) in [6.45, 7) is 2.80. The molecule has 1 aromatic rings. The molecule has 1 fully saturated rings. The van der Waals surface area contributed by atoms with E-state index in [9.17, 15) is 0 Å². The Hall–Kier alpha value is -1.19. The van der Waals surface area contributed by atoms with E-state index in [1.54, 1.807) is 12.1 Å². The molecule has 0 unspecified atom stereocenters. The number of nitrogens with zero attached hydrogens (tertiary/aromatic N) is 1. The summed E-state index contributed by atoms with van der Waals surface area (Å²) >= 11 is 12.2. The fourth-order valence-corrected chi connectivity index (χ4v) is 2.77. The minimum absolute atomic E-state index is 0.516. The Labute approximate surface area is 123 Å². The number of rotatable bonds is 2. The second-order valence-electron chi connectivity index (χ2n) is 4.55. The number of anilines is 1. The van der Waals surface area contributed by atoms with E-state index in [1.807, 2.05) is 24.9 Å². The van der Waals surface area contributed by atoms with Crippen molar-refractivity contribution in [1.82, 2.24) is 5.32 Å². The lowest BCUT2D eigenvalue weighted by Crippen LogP contribution is -2.38. The molecule has 0 bridgehead atoms. The average Bonchev–Trinajstić information content (AvgIpc) is 2.39. The summed E-state index contributed by atoms with van der Waals surface area (Å²) in [6, 6.07) is 5.39. The zero-order valence-corrected chi connectivity index (χ0v) is 12.6. The highest BCUT2D eigenvalue weighted by Crippen LogP contribution is 2.32. The summed E-state index contributed by atoms with van der Waals surface area (Å²) in [5, 5.41) is 12.7. The van der Waals surface area contributed by atoms with E-state index in [-0.39, 0.29) is 0 Å². The molecule has 0 radical (unpaired) electrons. The standard InChI is InChI=1S/C14H17Cl2N3/c1-9(18-2)11-4-3-7-19(14(11)17)13-6-5-10(15)8-12(13)16/h5-6,8,17-18H,3-4,7H2,1-2H3/b11-9-,17-14?. The molecule has 0 spiro atoms. The molecule has 19 heavy (non-hydrogen) atoms. The van der Waals surface area contributed by atoms with Gasteiger partial charge in [-0.05, 0) is 38.0 Å². The van der Waals surface area contributed by atoms with E-state index in [2.05, 4.69) is 5.32 Å². The predicted octanol–water partition coefficient (Wildman–Crippen LogP) is 4.06. The molecule has 0 amide bonds. The largest absolute Gasteiger partial charge is 0.391 e. The molecule has 0 aromatic heterocycles. The summed E-state index contributed by atoms with van der Waals surface area (Å²) in [4.78, 5) is 1.94. The van der Waals surface area contributed by atoms with Gasteiger partial charge in [0.25, 0.3) is 0 Å². The Morgan fingerprint density at radius 3 is 2.74 bits per heavy atom. The van der Waals surface area contributed by atoms with Gasteiger partial charge >= 0.3 is 0 Å². The van der Waals surface area contributed by atoms with Gasteiger partial charge in [-0.25, -0.2) is 0 Å². The van der Waals surface area contributed by atoms with Gasteiger partial charge in [0.1, 0.15) is 5.84 Å². The van der Waals surface area contributed by atoms with Crippen molar-refractivity contribution in [1.29, 1.82) is 5.41 Å². The van der Waals surface area contributed by atoms with Crippen LogP contribution in [0.15, 0.2) is 29.5 Å². The van der Waals surface area contributed by atoms with Crippen LogP contribution in [0, 0.1) is 5.41 Å². The third kappa shape index (κ3) is 2.88. The first-order chi connectivity index (χ1) is 9.04. The molecule has 2 N–H and O–H groups in total. The van der Waals surface area contributed by atoms with Crippen LogP contribution in [0.25, 0.3) is 0 Å². The maximum absolute atomic E-state index is 8.36. The molecule has 0 atom stereocenters. The van der Waals surface area contributed by atoms with Crippen LogP contribution in [0.5, 0.6) is 0 Å². The number of benzene rings is 1. The smallest absolute Gasteiger partial charge is 0.130 e. The van der Waals surface area contributed by atoms with Crippen LogP contribution in [0.2, 0.25) is 10.0 Å². The quantitative estimate of drug-likeness (QED) is 0.864. The minimum atomic E-state index is 0.516. The highest BCUT2D eigenvalue weighted by Gasteiger charge is 2.24. The van der Waals surface area contributed by atoms with Gasteiger partial charge in [-0.1, -0.05) is 23.2 Å². The topological polar surface area (TPSA) is 39.1 Å². The van der Waals surface area contributed by atoms with Crippen LogP contribution in [0.1, 0.15) is 19.8 Å². The van der Waals surface area contributed by atoms with E-state index in [1.165, 1.54) is 0 Å². The van der Waals surface area contributed by atoms with Crippen molar-refractivity contribution >= 4 is 34.7 Å². The molecular formula is C14H17Cl2N3. The Morgan fingerprint density at radius 1 is 1.37 bits per heavy atom. The summed E-state index contributed by atoms with van der Waals surface area (Å²) in [5.74, 6) is 0.516. The molecule has 5 heteroatoms. The van der Waals surface area contributed by atoms with Crippen molar-refractivity contribution in [2.75, 3.05) is 18.5 Å². The Bertz CT molecular complexity index is 537. The molecule has 102 valence electrons. The van der Waals surface area contributed by atoms with E-state index >= 15 is 0 Å². The number of piperidine rings is 1. The van der Waals surface area contributed by atoms with E-state index in [4.69, 9.17) is 28.6 Å². The van der Waals surface area contributed by atoms with E-state index in [0.717, 1.165) is 36.3 Å². The molecule has 0 saturated carbocycles. The molecule has 1 aliphatic rings. The Balaban J connectivity index is 2.37. The van der Waals surface area contributed by atoms with Crippen LogP contribution in [0.4, 0.5) is 5.69 Å². The van der Waals surface area contributed by atoms with Crippen molar-refractivity contribution in [3.05, 3.63) is 39.5 Å². The summed E-state index contributed by atoms with van der Waals surface area (Å²) in [7, 11) is 1.88. The molecule has 1 aliphatic heterocycles. The van der Waals surface area contributed by atoms with E-state index in [0.29, 0.717) is 15.9 Å². The number of allylic oxidation sites excluding steroid dienone is 1. The average molecular weight is 298 g/mol. The van der Waals surface area contributed by atoms with Crippen LogP contribution >= 0.6 is 23.2 Å². The SMILES string of the molecule is CN/C(C)=C1/CCCN(c2ccc(Cl)cc2Cl)C1=N. The van der Waals surface area contributed by atoms with Crippen LogP contribution < -0.4 is 10.2 Å². The lowest BCUT2D eigenvalue weighted by atomic mass is 10.0. The molecule has 1 saturated heterocycles. The fourth-order valence-electron chi connectivity index (χ4n) is 2.26. The Morgan fingerprint density at radius 2 is 2.11 bits per heavy atom. The summed E-state index contributed by atoms with van der Waals surface area (Å²) in [5.41, 5.74) is 2.93. The normalized spacial score (nSPS) is 18.5. The summed E-state index contributed by atoms with van der Waals surface area (Å²) < 4.78 is 0. The van der Waals surface area contributed by atoms with Gasteiger partial charge in [-0.15, -0.1) is 0 Å². The molecule has 1 aromatic carbocycles. The zero-order chi connectivity index (χ0) is 14.0. The summed E-state index contributed by atoms with van der Waals surface area (Å²) in [6.07, 6.45) is 1.93.